The van der Waals surface area contributed by atoms with Crippen LogP contribution in [0.2, 0.25) is 0 Å². The zero-order chi connectivity index (χ0) is 7.84. The maximum absolute atomic E-state index is 5.69. The minimum atomic E-state index is 0.357. The maximum atomic E-state index is 5.69. The molecule has 58 valence electrons. The Labute approximate surface area is 70.1 Å². The fourth-order valence-electron chi connectivity index (χ4n) is 1.21. The van der Waals surface area contributed by atoms with Gasteiger partial charge in [0.25, 0.3) is 0 Å². The lowest BCUT2D eigenvalue weighted by Gasteiger charge is -2.14. The highest BCUT2D eigenvalue weighted by Crippen LogP contribution is 2.15. The first-order valence-corrected chi connectivity index (χ1v) is 3.89. The Morgan fingerprint density at radius 1 is 1.73 bits per heavy atom. The van der Waals surface area contributed by atoms with Gasteiger partial charge in [-0.2, -0.15) is 0 Å². The molecule has 0 aromatic rings. The summed E-state index contributed by atoms with van der Waals surface area (Å²) in [5, 5.41) is 0.508. The van der Waals surface area contributed by atoms with Gasteiger partial charge in [-0.1, -0.05) is 11.6 Å². The Morgan fingerprint density at radius 3 is 3.36 bits per heavy atom. The quantitative estimate of drug-likeness (QED) is 0.501. The van der Waals surface area contributed by atoms with Crippen molar-refractivity contribution in [3.63, 3.8) is 0 Å². The number of amidine groups is 1. The summed E-state index contributed by atoms with van der Waals surface area (Å²) in [6.45, 7) is 2.99. The van der Waals surface area contributed by atoms with Crippen LogP contribution < -0.4 is 0 Å². The molecule has 2 aliphatic rings. The molecule has 0 N–H and O–H groups in total. The topological polar surface area (TPSA) is 28.0 Å². The van der Waals surface area contributed by atoms with Crippen molar-refractivity contribution >= 4 is 23.8 Å². The van der Waals surface area contributed by atoms with E-state index in [4.69, 9.17) is 11.6 Å². The monoisotopic (exact) mass is 169 g/mol. The molecule has 0 aliphatic carbocycles. The van der Waals surface area contributed by atoms with Crippen LogP contribution in [0.4, 0.5) is 0 Å². The van der Waals surface area contributed by atoms with Crippen molar-refractivity contribution in [1.29, 1.82) is 0 Å². The molecule has 2 aliphatic heterocycles. The molecule has 0 amide bonds. The van der Waals surface area contributed by atoms with E-state index in [2.05, 4.69) is 16.9 Å². The maximum Gasteiger partial charge on any atom is 0.134 e. The summed E-state index contributed by atoms with van der Waals surface area (Å²) in [6.07, 6.45) is 3.51. The van der Waals surface area contributed by atoms with Gasteiger partial charge < -0.3 is 4.90 Å². The van der Waals surface area contributed by atoms with Gasteiger partial charge in [-0.15, -0.1) is 0 Å². The summed E-state index contributed by atoms with van der Waals surface area (Å²) in [6, 6.07) is 0.357. The molecule has 1 atom stereocenters. The number of halogens is 1. The Kier molecular flexibility index (Phi) is 1.46. The van der Waals surface area contributed by atoms with Crippen LogP contribution in [-0.2, 0) is 0 Å². The van der Waals surface area contributed by atoms with Crippen molar-refractivity contribution in [2.45, 2.75) is 13.0 Å². The molecule has 2 rings (SSSR count). The predicted molar refractivity (Wildman–Crippen MR) is 46.0 cm³/mol. The van der Waals surface area contributed by atoms with Gasteiger partial charge in [0.1, 0.15) is 11.0 Å². The van der Waals surface area contributed by atoms with E-state index in [9.17, 15) is 0 Å². The van der Waals surface area contributed by atoms with Gasteiger partial charge >= 0.3 is 0 Å². The third-order valence-corrected chi connectivity index (χ3v) is 1.88. The van der Waals surface area contributed by atoms with Crippen molar-refractivity contribution in [3.8, 4) is 0 Å². The van der Waals surface area contributed by atoms with E-state index < -0.39 is 0 Å². The number of nitrogens with zero attached hydrogens (tertiary/aromatic N) is 3. The van der Waals surface area contributed by atoms with Crippen LogP contribution in [0.3, 0.4) is 0 Å². The van der Waals surface area contributed by atoms with Gasteiger partial charge in [0.15, 0.2) is 0 Å². The summed E-state index contributed by atoms with van der Waals surface area (Å²) in [7, 11) is 0. The van der Waals surface area contributed by atoms with Crippen LogP contribution in [0.25, 0.3) is 0 Å². The summed E-state index contributed by atoms with van der Waals surface area (Å²) < 4.78 is 0. The zero-order valence-electron chi connectivity index (χ0n) is 6.16. The Morgan fingerprint density at radius 2 is 2.55 bits per heavy atom. The molecule has 3 nitrogen and oxygen atoms in total. The highest BCUT2D eigenvalue weighted by atomic mass is 35.5. The largest absolute Gasteiger partial charge is 0.315 e. The third kappa shape index (κ3) is 1.16. The van der Waals surface area contributed by atoms with Crippen molar-refractivity contribution < 1.29 is 0 Å². The molecule has 0 aromatic heterocycles. The molecule has 4 heteroatoms. The van der Waals surface area contributed by atoms with Crippen molar-refractivity contribution in [3.05, 3.63) is 11.2 Å². The molecule has 0 saturated carbocycles. The molecule has 0 aromatic carbocycles. The predicted octanol–water partition coefficient (Wildman–Crippen LogP) is 1.21. The van der Waals surface area contributed by atoms with Crippen molar-refractivity contribution in [2.24, 2.45) is 9.98 Å². The number of hydrogen-bond donors (Lipinski definition) is 0. The second-order valence-electron chi connectivity index (χ2n) is 2.70. The van der Waals surface area contributed by atoms with Crippen LogP contribution in [0.1, 0.15) is 6.92 Å². The first-order chi connectivity index (χ1) is 5.25. The van der Waals surface area contributed by atoms with Gasteiger partial charge in [-0.05, 0) is 6.92 Å². The SMILES string of the molecule is C[C@@H]1CN2C=NC(Cl)=CC2=N1. The molecule has 2 heterocycles. The molecular weight excluding hydrogens is 162 g/mol. The van der Waals surface area contributed by atoms with Gasteiger partial charge in [0.05, 0.1) is 12.4 Å². The second-order valence-corrected chi connectivity index (χ2v) is 3.09. The lowest BCUT2D eigenvalue weighted by molar-refractivity contribution is 0.610. The summed E-state index contributed by atoms with van der Waals surface area (Å²) in [5.74, 6) is 0.928. The number of aliphatic imine (C=N–C) groups is 2. The minimum absolute atomic E-state index is 0.357. The average Bonchev–Trinajstić information content (AvgIpc) is 2.27. The number of fused-ring (bicyclic) bond motifs is 1. The molecule has 11 heavy (non-hydrogen) atoms. The van der Waals surface area contributed by atoms with E-state index in [1.807, 2.05) is 4.90 Å². The van der Waals surface area contributed by atoms with Crippen molar-refractivity contribution in [2.75, 3.05) is 6.54 Å². The molecule has 0 spiro atoms. The third-order valence-electron chi connectivity index (χ3n) is 1.68. The van der Waals surface area contributed by atoms with Gasteiger partial charge in [-0.3, -0.25) is 4.99 Å². The number of rotatable bonds is 0. The molecule has 0 saturated heterocycles. The van der Waals surface area contributed by atoms with E-state index in [-0.39, 0.29) is 0 Å². The number of hydrogen-bond acceptors (Lipinski definition) is 3. The van der Waals surface area contributed by atoms with E-state index in [1.165, 1.54) is 0 Å². The Balaban J connectivity index is 2.31. The first-order valence-electron chi connectivity index (χ1n) is 3.51. The highest BCUT2D eigenvalue weighted by Gasteiger charge is 2.21. The van der Waals surface area contributed by atoms with Crippen LogP contribution >= 0.6 is 11.6 Å². The van der Waals surface area contributed by atoms with E-state index in [1.54, 1.807) is 12.4 Å². The van der Waals surface area contributed by atoms with Crippen LogP contribution in [0.15, 0.2) is 21.2 Å². The smallest absolute Gasteiger partial charge is 0.134 e. The lowest BCUT2D eigenvalue weighted by Crippen LogP contribution is -2.27. The summed E-state index contributed by atoms with van der Waals surface area (Å²) in [5.41, 5.74) is 0. The summed E-state index contributed by atoms with van der Waals surface area (Å²) >= 11 is 5.69. The standard InChI is InChI=1S/C7H8ClN3/c1-5-3-11-4-9-6(8)2-7(11)10-5/h2,4-5H,3H2,1H3/t5-/m1/s1. The molecule has 0 radical (unpaired) electrons. The van der Waals surface area contributed by atoms with Gasteiger partial charge in [0, 0.05) is 12.6 Å². The first kappa shape index (κ1) is 6.85. The van der Waals surface area contributed by atoms with Crippen LogP contribution in [0, 0.1) is 0 Å². The zero-order valence-corrected chi connectivity index (χ0v) is 6.91. The van der Waals surface area contributed by atoms with Crippen molar-refractivity contribution in [1.82, 2.24) is 4.90 Å². The Bertz CT molecular complexity index is 267. The van der Waals surface area contributed by atoms with Gasteiger partial charge in [0.2, 0.25) is 0 Å². The highest BCUT2D eigenvalue weighted by molar-refractivity contribution is 6.32. The van der Waals surface area contributed by atoms with E-state index >= 15 is 0 Å². The molecule has 0 unspecified atom stereocenters. The van der Waals surface area contributed by atoms with E-state index in [0.717, 1.165) is 12.4 Å². The molecule has 0 fully saturated rings. The normalized spacial score (nSPS) is 28.2. The molecular formula is C7H8ClN3. The van der Waals surface area contributed by atoms with E-state index in [0.29, 0.717) is 11.2 Å². The molecule has 0 bridgehead atoms. The van der Waals surface area contributed by atoms with Crippen LogP contribution in [-0.4, -0.2) is 29.7 Å². The lowest BCUT2D eigenvalue weighted by atomic mass is 10.4. The second kappa shape index (κ2) is 2.34. The fraction of sp³-hybridized carbons (Fsp3) is 0.429. The fourth-order valence-corrected chi connectivity index (χ4v) is 1.36. The average molecular weight is 170 g/mol. The van der Waals surface area contributed by atoms with Gasteiger partial charge in [-0.25, -0.2) is 4.99 Å². The Hall–Kier alpha value is -0.830. The van der Waals surface area contributed by atoms with Crippen LogP contribution in [0.5, 0.6) is 0 Å². The summed E-state index contributed by atoms with van der Waals surface area (Å²) in [4.78, 5) is 10.3. The minimum Gasteiger partial charge on any atom is -0.315 e.